The molecule has 0 N–H and O–H groups in total. The SMILES string of the molecule is CC#CCN1c2ccccc2[C@]23C[C@@H](C(=O)OC)N(C(=O)COCc4ccccc4)C2=NC(C(=O)OC)=C(C(=O)OC)[C@H]13. The molecule has 11 nitrogen and oxygen atoms in total. The van der Waals surface area contributed by atoms with Crippen LogP contribution in [-0.2, 0) is 50.1 Å². The molecule has 0 aliphatic carbocycles. The highest BCUT2D eigenvalue weighted by Crippen LogP contribution is 2.57. The molecule has 3 aliphatic heterocycles. The van der Waals surface area contributed by atoms with Crippen molar-refractivity contribution in [1.29, 1.82) is 0 Å². The van der Waals surface area contributed by atoms with E-state index in [-0.39, 0.29) is 43.3 Å². The van der Waals surface area contributed by atoms with E-state index < -0.39 is 41.3 Å². The highest BCUT2D eigenvalue weighted by molar-refractivity contribution is 6.17. The van der Waals surface area contributed by atoms with Gasteiger partial charge < -0.3 is 23.8 Å². The van der Waals surface area contributed by atoms with Crippen LogP contribution < -0.4 is 4.90 Å². The lowest BCUT2D eigenvalue weighted by Crippen LogP contribution is -2.56. The summed E-state index contributed by atoms with van der Waals surface area (Å²) in [6.45, 7) is 1.66. The molecule has 11 heteroatoms. The van der Waals surface area contributed by atoms with Crippen molar-refractivity contribution in [2.45, 2.75) is 37.5 Å². The van der Waals surface area contributed by atoms with E-state index in [0.717, 1.165) is 11.1 Å². The van der Waals surface area contributed by atoms with Gasteiger partial charge in [-0.05, 0) is 30.5 Å². The van der Waals surface area contributed by atoms with Gasteiger partial charge >= 0.3 is 17.9 Å². The minimum atomic E-state index is -1.22. The summed E-state index contributed by atoms with van der Waals surface area (Å²) in [5.41, 5.74) is 0.709. The number of carbonyl (C=O) groups is 4. The Labute approximate surface area is 249 Å². The third kappa shape index (κ3) is 4.83. The minimum Gasteiger partial charge on any atom is -0.467 e. The van der Waals surface area contributed by atoms with Gasteiger partial charge in [0.1, 0.15) is 18.5 Å². The third-order valence-corrected chi connectivity index (χ3v) is 7.96. The summed E-state index contributed by atoms with van der Waals surface area (Å²) in [7, 11) is 3.61. The Morgan fingerprint density at radius 2 is 1.65 bits per heavy atom. The zero-order valence-corrected chi connectivity index (χ0v) is 24.3. The molecular weight excluding hydrogens is 554 g/mol. The first-order chi connectivity index (χ1) is 20.8. The van der Waals surface area contributed by atoms with Crippen molar-refractivity contribution >= 4 is 35.3 Å². The summed E-state index contributed by atoms with van der Waals surface area (Å²) in [4.78, 5) is 61.7. The molecule has 0 bridgehead atoms. The number of esters is 3. The van der Waals surface area contributed by atoms with Gasteiger partial charge in [-0.2, -0.15) is 0 Å². The summed E-state index contributed by atoms with van der Waals surface area (Å²) < 4.78 is 21.1. The van der Waals surface area contributed by atoms with Crippen molar-refractivity contribution in [3.8, 4) is 11.8 Å². The average molecular weight is 586 g/mol. The van der Waals surface area contributed by atoms with E-state index in [0.29, 0.717) is 5.69 Å². The number of carbonyl (C=O) groups excluding carboxylic acids is 4. The molecule has 1 fully saturated rings. The van der Waals surface area contributed by atoms with Gasteiger partial charge in [-0.1, -0.05) is 54.5 Å². The van der Waals surface area contributed by atoms with Crippen molar-refractivity contribution in [2.75, 3.05) is 39.4 Å². The summed E-state index contributed by atoms with van der Waals surface area (Å²) in [5.74, 6) is 3.13. The van der Waals surface area contributed by atoms with Gasteiger partial charge in [0.25, 0.3) is 5.91 Å². The van der Waals surface area contributed by atoms with Crippen LogP contribution in [0.25, 0.3) is 0 Å². The largest absolute Gasteiger partial charge is 0.467 e. The maximum atomic E-state index is 13.9. The number of fused-ring (bicyclic) bond motifs is 1. The quantitative estimate of drug-likeness (QED) is 0.260. The molecule has 3 heterocycles. The number of anilines is 1. The number of hydrogen-bond donors (Lipinski definition) is 0. The van der Waals surface area contributed by atoms with Crippen LogP contribution in [0.3, 0.4) is 0 Å². The van der Waals surface area contributed by atoms with E-state index in [1.165, 1.54) is 26.2 Å². The van der Waals surface area contributed by atoms with E-state index >= 15 is 0 Å². The van der Waals surface area contributed by atoms with Gasteiger partial charge in [0.2, 0.25) is 0 Å². The number of ether oxygens (including phenoxy) is 4. The summed E-state index contributed by atoms with van der Waals surface area (Å²) in [5, 5.41) is 0. The highest BCUT2D eigenvalue weighted by Gasteiger charge is 2.67. The van der Waals surface area contributed by atoms with Crippen LogP contribution >= 0.6 is 0 Å². The van der Waals surface area contributed by atoms with Crippen molar-refractivity contribution in [3.63, 3.8) is 0 Å². The number of likely N-dealkylation sites (tertiary alicyclic amines) is 1. The molecule has 43 heavy (non-hydrogen) atoms. The lowest BCUT2D eigenvalue weighted by Gasteiger charge is -2.40. The van der Waals surface area contributed by atoms with Gasteiger partial charge in [-0.25, -0.2) is 19.4 Å². The molecule has 222 valence electrons. The Morgan fingerprint density at radius 3 is 2.33 bits per heavy atom. The smallest absolute Gasteiger partial charge is 0.357 e. The van der Waals surface area contributed by atoms with E-state index in [2.05, 4.69) is 16.8 Å². The number of amides is 1. The zero-order chi connectivity index (χ0) is 30.7. The average Bonchev–Trinajstić information content (AvgIpc) is 3.53. The van der Waals surface area contributed by atoms with Crippen LogP contribution in [0.1, 0.15) is 24.5 Å². The first-order valence-corrected chi connectivity index (χ1v) is 13.6. The van der Waals surface area contributed by atoms with Crippen LogP contribution in [-0.4, -0.2) is 81.1 Å². The highest BCUT2D eigenvalue weighted by atomic mass is 16.5. The zero-order valence-electron chi connectivity index (χ0n) is 24.3. The van der Waals surface area contributed by atoms with Crippen LogP contribution in [0.4, 0.5) is 5.69 Å². The first kappa shape index (κ1) is 29.5. The van der Waals surface area contributed by atoms with E-state index in [1.54, 1.807) is 6.92 Å². The van der Waals surface area contributed by atoms with Crippen LogP contribution in [0.2, 0.25) is 0 Å². The molecule has 0 radical (unpaired) electrons. The number of hydrogen-bond acceptors (Lipinski definition) is 10. The second kappa shape index (κ2) is 12.1. The van der Waals surface area contributed by atoms with E-state index in [9.17, 15) is 19.2 Å². The molecule has 1 saturated heterocycles. The monoisotopic (exact) mass is 585 g/mol. The Kier molecular flexibility index (Phi) is 8.32. The second-order valence-electron chi connectivity index (χ2n) is 10.1. The topological polar surface area (TPSA) is 124 Å². The summed E-state index contributed by atoms with van der Waals surface area (Å²) in [6, 6.07) is 14.7. The minimum absolute atomic E-state index is 0.0234. The molecule has 2 aromatic rings. The molecule has 0 aromatic heterocycles. The fraction of sp³-hybridized carbons (Fsp3) is 0.344. The van der Waals surface area contributed by atoms with E-state index in [4.69, 9.17) is 18.9 Å². The molecule has 3 aliphatic rings. The van der Waals surface area contributed by atoms with Crippen molar-refractivity contribution in [2.24, 2.45) is 4.99 Å². The maximum Gasteiger partial charge on any atom is 0.357 e. The lowest BCUT2D eigenvalue weighted by atomic mass is 9.69. The standard InChI is InChI=1S/C32H31N3O8/c1-5-6-16-34-22-15-11-10-14-21(22)32-17-23(28(37)40-2)35(24(36)19-43-18-20-12-8-7-9-13-20)31(32)33-26(30(39)42-4)25(27(32)34)29(38)41-3/h7-15,23,27H,16-19H2,1-4H3/t23-,27-,32-/m0/s1. The van der Waals surface area contributed by atoms with Gasteiger partial charge in [-0.3, -0.25) is 9.69 Å². The third-order valence-electron chi connectivity index (χ3n) is 7.96. The number of amidine groups is 1. The van der Waals surface area contributed by atoms with Crippen LogP contribution in [0.15, 0.2) is 70.9 Å². The van der Waals surface area contributed by atoms with Crippen molar-refractivity contribution in [3.05, 3.63) is 77.0 Å². The molecule has 0 saturated carbocycles. The number of nitrogens with zero attached hydrogens (tertiary/aromatic N) is 3. The van der Waals surface area contributed by atoms with Crippen molar-refractivity contribution < 1.29 is 38.1 Å². The normalized spacial score (nSPS) is 21.5. The predicted molar refractivity (Wildman–Crippen MR) is 155 cm³/mol. The number of benzene rings is 2. The number of para-hydroxylation sites is 1. The van der Waals surface area contributed by atoms with Gasteiger partial charge in [0.15, 0.2) is 5.70 Å². The first-order valence-electron chi connectivity index (χ1n) is 13.6. The number of rotatable bonds is 8. The lowest BCUT2D eigenvalue weighted by molar-refractivity contribution is -0.150. The maximum absolute atomic E-state index is 13.9. The van der Waals surface area contributed by atoms with Crippen molar-refractivity contribution in [1.82, 2.24) is 4.90 Å². The Morgan fingerprint density at radius 1 is 0.953 bits per heavy atom. The van der Waals surface area contributed by atoms with Gasteiger partial charge in [0, 0.05) is 5.69 Å². The Hall–Kier alpha value is -4.95. The molecule has 3 atom stereocenters. The predicted octanol–water partition coefficient (Wildman–Crippen LogP) is 2.14. The van der Waals surface area contributed by atoms with Gasteiger partial charge in [-0.15, -0.1) is 5.92 Å². The molecular formula is C32H31N3O8. The Bertz CT molecular complexity index is 1590. The molecule has 5 rings (SSSR count). The fourth-order valence-electron chi connectivity index (χ4n) is 6.25. The van der Waals surface area contributed by atoms with Crippen LogP contribution in [0, 0.1) is 11.8 Å². The molecule has 2 aromatic carbocycles. The van der Waals surface area contributed by atoms with Gasteiger partial charge in [0.05, 0.1) is 51.5 Å². The molecule has 0 unspecified atom stereocenters. The summed E-state index contributed by atoms with van der Waals surface area (Å²) >= 11 is 0. The van der Waals surface area contributed by atoms with Crippen LogP contribution in [0.5, 0.6) is 0 Å². The summed E-state index contributed by atoms with van der Waals surface area (Å²) in [6.07, 6.45) is 0.0234. The van der Waals surface area contributed by atoms with E-state index in [1.807, 2.05) is 59.5 Å². The molecule has 1 spiro atoms. The Balaban J connectivity index is 1.71. The second-order valence-corrected chi connectivity index (χ2v) is 10.1. The molecule has 1 amide bonds. The fourth-order valence-corrected chi connectivity index (χ4v) is 6.25. The number of aliphatic imine (C=N–C) groups is 1. The number of methoxy groups -OCH3 is 3.